The fourth-order valence-corrected chi connectivity index (χ4v) is 5.59. The third-order valence-electron chi connectivity index (χ3n) is 5.11. The van der Waals surface area contributed by atoms with Crippen LogP contribution < -0.4 is 5.32 Å². The van der Waals surface area contributed by atoms with E-state index in [0.29, 0.717) is 24.4 Å². The molecule has 1 aromatic carbocycles. The van der Waals surface area contributed by atoms with Crippen LogP contribution >= 0.6 is 11.8 Å². The third-order valence-corrected chi connectivity index (χ3v) is 7.83. The number of sulfonamides is 1. The first-order chi connectivity index (χ1) is 15.4. The second-order valence-corrected chi connectivity index (χ2v) is 10.3. The number of nitrogens with one attached hydrogen (secondary N) is 1. The minimum absolute atomic E-state index is 0.0933. The van der Waals surface area contributed by atoms with Crippen molar-refractivity contribution in [3.63, 3.8) is 0 Å². The summed E-state index contributed by atoms with van der Waals surface area (Å²) in [5.74, 6) is 0.763. The number of carbonyl (C=O) groups is 1. The second kappa shape index (κ2) is 9.88. The lowest BCUT2D eigenvalue weighted by Gasteiger charge is -2.25. The van der Waals surface area contributed by atoms with Crippen molar-refractivity contribution >= 4 is 27.7 Å². The van der Waals surface area contributed by atoms with E-state index in [4.69, 9.17) is 8.83 Å². The molecule has 3 aromatic rings. The Labute approximate surface area is 190 Å². The van der Waals surface area contributed by atoms with E-state index in [2.05, 4.69) is 15.5 Å². The van der Waals surface area contributed by atoms with Gasteiger partial charge < -0.3 is 14.2 Å². The zero-order valence-corrected chi connectivity index (χ0v) is 19.2. The molecule has 3 heterocycles. The van der Waals surface area contributed by atoms with Gasteiger partial charge in [0.05, 0.1) is 23.0 Å². The Morgan fingerprint density at radius 3 is 2.75 bits per heavy atom. The molecule has 1 saturated heterocycles. The van der Waals surface area contributed by atoms with Crippen molar-refractivity contribution in [1.29, 1.82) is 0 Å². The van der Waals surface area contributed by atoms with Gasteiger partial charge in [-0.05, 0) is 50.1 Å². The quantitative estimate of drug-likeness (QED) is 0.491. The Morgan fingerprint density at radius 1 is 1.19 bits per heavy atom. The Kier molecular flexibility index (Phi) is 6.97. The molecule has 4 rings (SSSR count). The van der Waals surface area contributed by atoms with Crippen molar-refractivity contribution in [2.24, 2.45) is 0 Å². The lowest BCUT2D eigenvalue weighted by atomic mass is 10.2. The summed E-state index contributed by atoms with van der Waals surface area (Å²) in [5.41, 5.74) is 0.512. The number of nitrogens with zero attached hydrogens (tertiary/aromatic N) is 3. The summed E-state index contributed by atoms with van der Waals surface area (Å²) in [4.78, 5) is 12.4. The monoisotopic (exact) mass is 476 g/mol. The van der Waals surface area contributed by atoms with Crippen molar-refractivity contribution in [3.8, 4) is 11.5 Å². The number of carbonyl (C=O) groups excluding carboxylic acids is 1. The van der Waals surface area contributed by atoms with E-state index in [1.165, 1.54) is 4.31 Å². The van der Waals surface area contributed by atoms with E-state index in [0.717, 1.165) is 31.0 Å². The minimum Gasteiger partial charge on any atom is -0.467 e. The van der Waals surface area contributed by atoms with Crippen LogP contribution in [0.5, 0.6) is 0 Å². The molecule has 1 atom stereocenters. The first-order valence-electron chi connectivity index (χ1n) is 10.3. The van der Waals surface area contributed by atoms with Crippen LogP contribution in [0, 0.1) is 0 Å². The van der Waals surface area contributed by atoms with Crippen molar-refractivity contribution in [3.05, 3.63) is 48.4 Å². The van der Waals surface area contributed by atoms with E-state index >= 15 is 0 Å². The highest BCUT2D eigenvalue weighted by atomic mass is 32.2. The maximum absolute atomic E-state index is 12.9. The first-order valence-corrected chi connectivity index (χ1v) is 12.8. The fraction of sp³-hybridized carbons (Fsp3) is 0.381. The van der Waals surface area contributed by atoms with Gasteiger partial charge in [-0.3, -0.25) is 4.79 Å². The van der Waals surface area contributed by atoms with Gasteiger partial charge in [-0.1, -0.05) is 24.2 Å². The standard InChI is InChI=1S/C21H24N4O5S2/c1-15(18-9-6-12-29-18)22-19(26)14-31-21-24-23-20(30-21)16-7-5-8-17(13-16)32(27,28)25-10-3-2-4-11-25/h5-9,12-13,15H,2-4,10-11,14H2,1H3,(H,22,26)/t15-/m1/s1. The number of amides is 1. The average molecular weight is 477 g/mol. The van der Waals surface area contributed by atoms with Crippen LogP contribution in [0.3, 0.4) is 0 Å². The lowest BCUT2D eigenvalue weighted by Crippen LogP contribution is -2.35. The molecule has 11 heteroatoms. The van der Waals surface area contributed by atoms with Crippen molar-refractivity contribution in [2.75, 3.05) is 18.8 Å². The molecular formula is C21H24N4O5S2. The van der Waals surface area contributed by atoms with Gasteiger partial charge in [0.1, 0.15) is 5.76 Å². The highest BCUT2D eigenvalue weighted by Gasteiger charge is 2.26. The SMILES string of the molecule is C[C@@H](NC(=O)CSc1nnc(-c2cccc(S(=O)(=O)N3CCCCC3)c2)o1)c1ccco1. The lowest BCUT2D eigenvalue weighted by molar-refractivity contribution is -0.119. The zero-order valence-electron chi connectivity index (χ0n) is 17.6. The zero-order chi connectivity index (χ0) is 22.6. The fourth-order valence-electron chi connectivity index (χ4n) is 3.45. The van der Waals surface area contributed by atoms with Crippen molar-refractivity contribution in [2.45, 2.75) is 42.3 Å². The number of piperidine rings is 1. The van der Waals surface area contributed by atoms with Crippen LogP contribution in [0.4, 0.5) is 0 Å². The summed E-state index contributed by atoms with van der Waals surface area (Å²) in [6, 6.07) is 9.80. The highest BCUT2D eigenvalue weighted by molar-refractivity contribution is 7.99. The number of benzene rings is 1. The molecule has 0 unspecified atom stereocenters. The Bertz CT molecular complexity index is 1150. The molecule has 1 fully saturated rings. The summed E-state index contributed by atoms with van der Waals surface area (Å²) < 4.78 is 38.3. The van der Waals surface area contributed by atoms with Crippen LogP contribution in [-0.4, -0.2) is 47.7 Å². The molecular weight excluding hydrogens is 452 g/mol. The number of thioether (sulfide) groups is 1. The summed E-state index contributed by atoms with van der Waals surface area (Å²) in [6.07, 6.45) is 4.35. The van der Waals surface area contributed by atoms with Gasteiger partial charge >= 0.3 is 0 Å². The van der Waals surface area contributed by atoms with Gasteiger partial charge in [0.2, 0.25) is 21.8 Å². The highest BCUT2D eigenvalue weighted by Crippen LogP contribution is 2.27. The Morgan fingerprint density at radius 2 is 2.00 bits per heavy atom. The third kappa shape index (κ3) is 5.22. The average Bonchev–Trinajstić information content (AvgIpc) is 3.51. The van der Waals surface area contributed by atoms with Gasteiger partial charge in [0.25, 0.3) is 5.22 Å². The van der Waals surface area contributed by atoms with Crippen molar-refractivity contribution < 1.29 is 22.0 Å². The number of furan rings is 1. The van der Waals surface area contributed by atoms with Gasteiger partial charge in [0.15, 0.2) is 0 Å². The van der Waals surface area contributed by atoms with Crippen LogP contribution in [0.2, 0.25) is 0 Å². The number of rotatable bonds is 8. The number of hydrogen-bond acceptors (Lipinski definition) is 8. The molecule has 170 valence electrons. The largest absolute Gasteiger partial charge is 0.467 e. The molecule has 9 nitrogen and oxygen atoms in total. The van der Waals surface area contributed by atoms with Crippen molar-refractivity contribution in [1.82, 2.24) is 19.8 Å². The summed E-state index contributed by atoms with van der Waals surface area (Å²) in [5, 5.41) is 11.0. The molecule has 1 aliphatic heterocycles. The molecule has 1 aliphatic rings. The Balaban J connectivity index is 1.39. The molecule has 0 saturated carbocycles. The number of aromatic nitrogens is 2. The molecule has 32 heavy (non-hydrogen) atoms. The summed E-state index contributed by atoms with van der Waals surface area (Å²) in [6.45, 7) is 2.90. The van der Waals surface area contributed by atoms with Crippen LogP contribution in [0.25, 0.3) is 11.5 Å². The molecule has 0 spiro atoms. The number of hydrogen-bond donors (Lipinski definition) is 1. The molecule has 0 aliphatic carbocycles. The maximum atomic E-state index is 12.9. The van der Waals surface area contributed by atoms with E-state index < -0.39 is 10.0 Å². The van der Waals surface area contributed by atoms with Gasteiger partial charge in [-0.15, -0.1) is 10.2 Å². The molecule has 0 radical (unpaired) electrons. The smallest absolute Gasteiger partial charge is 0.277 e. The van der Waals surface area contributed by atoms with E-state index in [1.807, 2.05) is 6.92 Å². The first kappa shape index (κ1) is 22.6. The molecule has 1 N–H and O–H groups in total. The Hall–Kier alpha value is -2.63. The van der Waals surface area contributed by atoms with Gasteiger partial charge in [-0.25, -0.2) is 8.42 Å². The molecule has 2 aromatic heterocycles. The summed E-state index contributed by atoms with van der Waals surface area (Å²) >= 11 is 1.11. The van der Waals surface area contributed by atoms with E-state index in [1.54, 1.807) is 42.7 Å². The molecule has 0 bridgehead atoms. The van der Waals surface area contributed by atoms with Gasteiger partial charge in [0, 0.05) is 18.7 Å². The van der Waals surface area contributed by atoms with E-state index in [-0.39, 0.29) is 33.7 Å². The normalized spacial score (nSPS) is 16.0. The molecule has 1 amide bonds. The predicted molar refractivity (Wildman–Crippen MR) is 118 cm³/mol. The second-order valence-electron chi connectivity index (χ2n) is 7.46. The van der Waals surface area contributed by atoms with Crippen LogP contribution in [0.15, 0.2) is 61.6 Å². The van der Waals surface area contributed by atoms with Crippen LogP contribution in [0.1, 0.15) is 38.0 Å². The van der Waals surface area contributed by atoms with Gasteiger partial charge in [-0.2, -0.15) is 4.31 Å². The van der Waals surface area contributed by atoms with E-state index in [9.17, 15) is 13.2 Å². The van der Waals surface area contributed by atoms with Crippen LogP contribution in [-0.2, 0) is 14.8 Å². The summed E-state index contributed by atoms with van der Waals surface area (Å²) in [7, 11) is -3.56. The topological polar surface area (TPSA) is 119 Å². The maximum Gasteiger partial charge on any atom is 0.277 e. The predicted octanol–water partition coefficient (Wildman–Crippen LogP) is 3.47. The minimum atomic E-state index is -3.56.